The van der Waals surface area contributed by atoms with Gasteiger partial charge in [0.1, 0.15) is 39.6 Å². The van der Waals surface area contributed by atoms with Gasteiger partial charge in [-0.25, -0.2) is 9.78 Å². The standard InChI is InChI=1S/C39H48N6O7/c1-25(2)51-37-35-34(41-24-45(35)21-27-12-10-26(11-13-27)20-40-38(46)52-39(3,4)5)36(42-43-37)44(22-28-14-16-30(47-6)18-32(28)49-8)23-29-15-17-31(48-7)19-33(29)50-9/h10-19,24-25H,20-23H2,1-9H3,(H,40,46). The zero-order valence-electron chi connectivity index (χ0n) is 31.4. The van der Waals surface area contributed by atoms with Crippen LogP contribution in [0.4, 0.5) is 10.6 Å². The summed E-state index contributed by atoms with van der Waals surface area (Å²) in [7, 11) is 6.52. The number of amides is 1. The van der Waals surface area contributed by atoms with Crippen LogP contribution in [0.2, 0.25) is 0 Å². The van der Waals surface area contributed by atoms with Gasteiger partial charge in [-0.15, -0.1) is 10.2 Å². The van der Waals surface area contributed by atoms with Gasteiger partial charge >= 0.3 is 6.09 Å². The maximum absolute atomic E-state index is 12.1. The van der Waals surface area contributed by atoms with Crippen molar-refractivity contribution in [1.82, 2.24) is 25.1 Å². The Kier molecular flexibility index (Phi) is 11.9. The first-order chi connectivity index (χ1) is 24.9. The smallest absolute Gasteiger partial charge is 0.407 e. The number of aromatic nitrogens is 4. The molecule has 13 heteroatoms. The van der Waals surface area contributed by atoms with Crippen LogP contribution in [-0.4, -0.2) is 66.0 Å². The number of carbonyl (C=O) groups excluding carboxylic acids is 1. The normalized spacial score (nSPS) is 11.3. The number of ether oxygens (including phenoxy) is 6. The van der Waals surface area contributed by atoms with Crippen LogP contribution < -0.4 is 33.9 Å². The average Bonchev–Trinajstić information content (AvgIpc) is 3.54. The Morgan fingerprint density at radius 1 is 0.808 bits per heavy atom. The number of anilines is 1. The molecule has 0 spiro atoms. The van der Waals surface area contributed by atoms with Crippen LogP contribution in [-0.2, 0) is 30.9 Å². The van der Waals surface area contributed by atoms with E-state index < -0.39 is 11.7 Å². The Labute approximate surface area is 304 Å². The molecule has 0 aliphatic heterocycles. The van der Waals surface area contributed by atoms with Gasteiger partial charge < -0.3 is 43.2 Å². The maximum atomic E-state index is 12.1. The second-order valence-electron chi connectivity index (χ2n) is 13.4. The van der Waals surface area contributed by atoms with Crippen molar-refractivity contribution in [2.24, 2.45) is 0 Å². The first-order valence-corrected chi connectivity index (χ1v) is 17.0. The highest BCUT2D eigenvalue weighted by molar-refractivity contribution is 5.89. The van der Waals surface area contributed by atoms with Crippen LogP contribution in [0.15, 0.2) is 67.0 Å². The molecular weight excluding hydrogens is 664 g/mol. The number of benzene rings is 3. The minimum absolute atomic E-state index is 0.147. The predicted octanol–water partition coefficient (Wildman–Crippen LogP) is 6.93. The summed E-state index contributed by atoms with van der Waals surface area (Å²) in [6.45, 7) is 11.1. The van der Waals surface area contributed by atoms with E-state index in [-0.39, 0.29) is 6.10 Å². The lowest BCUT2D eigenvalue weighted by molar-refractivity contribution is 0.0523. The summed E-state index contributed by atoms with van der Waals surface area (Å²) in [5, 5.41) is 12.1. The molecule has 3 aromatic carbocycles. The van der Waals surface area contributed by atoms with E-state index in [2.05, 4.69) is 15.3 Å². The molecule has 5 rings (SSSR count). The van der Waals surface area contributed by atoms with Crippen molar-refractivity contribution >= 4 is 22.9 Å². The molecule has 0 unspecified atom stereocenters. The molecule has 0 atom stereocenters. The Bertz CT molecular complexity index is 1910. The molecular formula is C39H48N6O7. The second-order valence-corrected chi connectivity index (χ2v) is 13.4. The number of nitrogens with one attached hydrogen (secondary N) is 1. The Morgan fingerprint density at radius 2 is 1.38 bits per heavy atom. The predicted molar refractivity (Wildman–Crippen MR) is 199 cm³/mol. The number of nitrogens with zero attached hydrogens (tertiary/aromatic N) is 5. The van der Waals surface area contributed by atoms with Gasteiger partial charge in [-0.05, 0) is 70.0 Å². The number of alkyl carbamates (subject to hydrolysis) is 1. The van der Waals surface area contributed by atoms with E-state index in [1.54, 1.807) is 34.8 Å². The first-order valence-electron chi connectivity index (χ1n) is 17.0. The molecule has 276 valence electrons. The zero-order chi connectivity index (χ0) is 37.4. The fraction of sp³-hybridized carbons (Fsp3) is 0.385. The van der Waals surface area contributed by atoms with Gasteiger partial charge in [0.2, 0.25) is 0 Å². The Hall–Kier alpha value is -5.72. The van der Waals surface area contributed by atoms with Gasteiger partial charge in [0.25, 0.3) is 5.88 Å². The summed E-state index contributed by atoms with van der Waals surface area (Å²) in [5.74, 6) is 3.66. The van der Waals surface area contributed by atoms with Crippen LogP contribution in [0.3, 0.4) is 0 Å². The number of fused-ring (bicyclic) bond motifs is 1. The van der Waals surface area contributed by atoms with Gasteiger partial charge in [-0.3, -0.25) is 0 Å². The van der Waals surface area contributed by atoms with Gasteiger partial charge in [-0.1, -0.05) is 24.3 Å². The monoisotopic (exact) mass is 712 g/mol. The Morgan fingerprint density at radius 3 is 1.90 bits per heavy atom. The molecule has 0 aliphatic rings. The molecule has 0 aliphatic carbocycles. The van der Waals surface area contributed by atoms with Gasteiger partial charge in [-0.2, -0.15) is 0 Å². The molecule has 1 amide bonds. The van der Waals surface area contributed by atoms with E-state index in [1.807, 2.05) is 99.8 Å². The molecule has 52 heavy (non-hydrogen) atoms. The number of hydrogen-bond donors (Lipinski definition) is 1. The van der Waals surface area contributed by atoms with Crippen molar-refractivity contribution in [3.63, 3.8) is 0 Å². The highest BCUT2D eigenvalue weighted by Gasteiger charge is 2.24. The Balaban J connectivity index is 1.52. The molecule has 5 aromatic rings. The van der Waals surface area contributed by atoms with Gasteiger partial charge in [0.05, 0.1) is 40.9 Å². The average molecular weight is 713 g/mol. The van der Waals surface area contributed by atoms with E-state index in [0.29, 0.717) is 71.9 Å². The summed E-state index contributed by atoms with van der Waals surface area (Å²) in [6.07, 6.45) is 1.18. The van der Waals surface area contributed by atoms with E-state index in [1.165, 1.54) is 0 Å². The molecule has 0 bridgehead atoms. The van der Waals surface area contributed by atoms with Crippen molar-refractivity contribution < 1.29 is 33.2 Å². The lowest BCUT2D eigenvalue weighted by atomic mass is 10.1. The minimum Gasteiger partial charge on any atom is -0.497 e. The fourth-order valence-electron chi connectivity index (χ4n) is 5.62. The fourth-order valence-corrected chi connectivity index (χ4v) is 5.62. The minimum atomic E-state index is -0.563. The molecule has 0 fully saturated rings. The van der Waals surface area contributed by atoms with Crippen LogP contribution in [0.5, 0.6) is 28.9 Å². The van der Waals surface area contributed by atoms with E-state index in [0.717, 1.165) is 22.3 Å². The topological polar surface area (TPSA) is 131 Å². The number of imidazole rings is 1. The number of rotatable bonds is 15. The number of carbonyl (C=O) groups is 1. The van der Waals surface area contributed by atoms with Crippen LogP contribution in [0, 0.1) is 0 Å². The van der Waals surface area contributed by atoms with Crippen molar-refractivity contribution in [2.75, 3.05) is 33.3 Å². The molecule has 0 saturated carbocycles. The zero-order valence-corrected chi connectivity index (χ0v) is 31.4. The summed E-state index contributed by atoms with van der Waals surface area (Å²) in [6, 6.07) is 19.5. The molecule has 1 N–H and O–H groups in total. The lowest BCUT2D eigenvalue weighted by Gasteiger charge is -2.26. The SMILES string of the molecule is COc1ccc(CN(Cc2ccc(OC)cc2OC)c2nnc(OC(C)C)c3c2ncn3Cc2ccc(CNC(=O)OC(C)(C)C)cc2)c(OC)c1. The summed E-state index contributed by atoms with van der Waals surface area (Å²) in [5.41, 5.74) is 4.57. The summed E-state index contributed by atoms with van der Waals surface area (Å²) >= 11 is 0. The van der Waals surface area contributed by atoms with Crippen molar-refractivity contribution in [3.8, 4) is 28.9 Å². The van der Waals surface area contributed by atoms with Gasteiger partial charge in [0, 0.05) is 49.4 Å². The van der Waals surface area contributed by atoms with Crippen LogP contribution in [0.25, 0.3) is 11.0 Å². The van der Waals surface area contributed by atoms with E-state index in [4.69, 9.17) is 38.5 Å². The quantitative estimate of drug-likeness (QED) is 0.121. The third kappa shape index (κ3) is 9.33. The highest BCUT2D eigenvalue weighted by Crippen LogP contribution is 2.35. The largest absolute Gasteiger partial charge is 0.497 e. The van der Waals surface area contributed by atoms with E-state index in [9.17, 15) is 4.79 Å². The second kappa shape index (κ2) is 16.5. The third-order valence-electron chi connectivity index (χ3n) is 8.06. The highest BCUT2D eigenvalue weighted by atomic mass is 16.6. The molecule has 0 radical (unpaired) electrons. The molecule has 2 aromatic heterocycles. The summed E-state index contributed by atoms with van der Waals surface area (Å²) in [4.78, 5) is 19.1. The first kappa shape index (κ1) is 37.5. The van der Waals surface area contributed by atoms with Crippen molar-refractivity contribution in [2.45, 2.75) is 72.5 Å². The molecule has 13 nitrogen and oxygen atoms in total. The van der Waals surface area contributed by atoms with E-state index >= 15 is 0 Å². The van der Waals surface area contributed by atoms with Crippen molar-refractivity contribution in [1.29, 1.82) is 0 Å². The van der Waals surface area contributed by atoms with Crippen LogP contribution in [0.1, 0.15) is 56.9 Å². The molecule has 2 heterocycles. The van der Waals surface area contributed by atoms with Crippen molar-refractivity contribution in [3.05, 3.63) is 89.2 Å². The lowest BCUT2D eigenvalue weighted by Crippen LogP contribution is -2.32. The number of hydrogen-bond acceptors (Lipinski definition) is 11. The van der Waals surface area contributed by atoms with Crippen LogP contribution >= 0.6 is 0 Å². The maximum Gasteiger partial charge on any atom is 0.407 e. The van der Waals surface area contributed by atoms with Gasteiger partial charge in [0.15, 0.2) is 5.82 Å². The number of methoxy groups -OCH3 is 4. The molecule has 0 saturated heterocycles. The third-order valence-corrected chi connectivity index (χ3v) is 8.06. The summed E-state index contributed by atoms with van der Waals surface area (Å²) < 4.78 is 36.0.